The van der Waals surface area contributed by atoms with Crippen LogP contribution in [0.3, 0.4) is 0 Å². The van der Waals surface area contributed by atoms with Gasteiger partial charge in [-0.2, -0.15) is 0 Å². The molecule has 1 unspecified atom stereocenters. The summed E-state index contributed by atoms with van der Waals surface area (Å²) >= 11 is 0. The van der Waals surface area contributed by atoms with Gasteiger partial charge in [0.05, 0.1) is 18.5 Å². The second kappa shape index (κ2) is 8.99. The maximum atomic E-state index is 12.2. The summed E-state index contributed by atoms with van der Waals surface area (Å²) in [6, 6.07) is 0. The molecule has 19 heavy (non-hydrogen) atoms. The molecule has 1 aliphatic carbocycles. The van der Waals surface area contributed by atoms with Crippen LogP contribution in [0.1, 0.15) is 57.8 Å². The Labute approximate surface area is 115 Å². The third-order valence-corrected chi connectivity index (χ3v) is 5.47. The van der Waals surface area contributed by atoms with Crippen LogP contribution in [0.15, 0.2) is 11.6 Å². The molecule has 0 heterocycles. The van der Waals surface area contributed by atoms with E-state index in [9.17, 15) is 18.6 Å². The predicted octanol–water partition coefficient (Wildman–Crippen LogP) is 4.41. The van der Waals surface area contributed by atoms with Crippen LogP contribution in [0, 0.1) is 0 Å². The third-order valence-electron chi connectivity index (χ3n) is 3.97. The first kappa shape index (κ1) is 17.0. The van der Waals surface area contributed by atoms with Gasteiger partial charge < -0.3 is 9.79 Å². The lowest BCUT2D eigenvalue weighted by Gasteiger charge is -2.40. The zero-order valence-electron chi connectivity index (χ0n) is 11.5. The minimum atomic E-state index is -2.06. The van der Waals surface area contributed by atoms with Crippen LogP contribution >= 0.6 is 8.38 Å². The molecule has 0 aromatic heterocycles. The Kier molecular flexibility index (Phi) is 8.05. The maximum Gasteiger partial charge on any atom is 0.175 e. The summed E-state index contributed by atoms with van der Waals surface area (Å²) < 4.78 is 24.4. The van der Waals surface area contributed by atoms with Crippen LogP contribution in [0.5, 0.6) is 0 Å². The highest BCUT2D eigenvalue weighted by molar-refractivity contribution is 7.47. The Bertz CT molecular complexity index is 285. The van der Waals surface area contributed by atoms with Crippen molar-refractivity contribution in [3.05, 3.63) is 11.6 Å². The van der Waals surface area contributed by atoms with E-state index in [0.717, 1.165) is 37.7 Å². The Morgan fingerprint density at radius 2 is 1.79 bits per heavy atom. The Hall–Kier alpha value is -0.0500. The molecule has 2 nitrogen and oxygen atoms in total. The maximum absolute atomic E-state index is 12.2. The zero-order valence-corrected chi connectivity index (χ0v) is 12.3. The van der Waals surface area contributed by atoms with Crippen molar-refractivity contribution in [2.24, 2.45) is 0 Å². The summed E-state index contributed by atoms with van der Waals surface area (Å²) in [4.78, 5) is 19.7. The van der Waals surface area contributed by atoms with E-state index in [-0.39, 0.29) is 13.3 Å². The first-order chi connectivity index (χ1) is 9.17. The number of unbranched alkanes of at least 4 members (excludes halogenated alkanes) is 2. The lowest BCUT2D eigenvalue weighted by Crippen LogP contribution is -2.32. The highest BCUT2D eigenvalue weighted by atomic mass is 31.2. The number of alkyl halides is 2. The smallest absolute Gasteiger partial charge is 0.175 e. The molecular weight excluding hydrogens is 269 g/mol. The first-order valence-corrected chi connectivity index (χ1v) is 8.41. The minimum absolute atomic E-state index is 0.324. The average molecular weight is 294 g/mol. The molecule has 5 heteroatoms. The van der Waals surface area contributed by atoms with Crippen LogP contribution in [0.4, 0.5) is 8.78 Å². The quantitative estimate of drug-likeness (QED) is 0.375. The van der Waals surface area contributed by atoms with Crippen LogP contribution in [0.25, 0.3) is 0 Å². The van der Waals surface area contributed by atoms with E-state index >= 15 is 0 Å². The van der Waals surface area contributed by atoms with Crippen molar-refractivity contribution in [2.45, 2.75) is 62.9 Å². The molecule has 0 radical (unpaired) electrons. The van der Waals surface area contributed by atoms with Gasteiger partial charge in [0.2, 0.25) is 0 Å². The summed E-state index contributed by atoms with van der Waals surface area (Å²) in [5.74, 6) is 0. The van der Waals surface area contributed by atoms with Crippen LogP contribution in [-0.2, 0) is 0 Å². The van der Waals surface area contributed by atoms with Gasteiger partial charge >= 0.3 is 0 Å². The third kappa shape index (κ3) is 4.77. The van der Waals surface area contributed by atoms with Gasteiger partial charge in [-0.05, 0) is 57.8 Å². The zero-order chi connectivity index (χ0) is 14.1. The van der Waals surface area contributed by atoms with Crippen LogP contribution < -0.4 is 0 Å². The molecule has 0 saturated heterocycles. The van der Waals surface area contributed by atoms with Crippen LogP contribution in [0.2, 0.25) is 0 Å². The van der Waals surface area contributed by atoms with E-state index in [2.05, 4.69) is 6.08 Å². The van der Waals surface area contributed by atoms with Gasteiger partial charge in [0, 0.05) is 0 Å². The summed E-state index contributed by atoms with van der Waals surface area (Å²) in [5, 5.41) is -0.556. The summed E-state index contributed by atoms with van der Waals surface area (Å²) in [6.07, 6.45) is 8.55. The molecule has 0 fully saturated rings. The lowest BCUT2D eigenvalue weighted by atomic mass is 9.81. The number of rotatable bonds is 9. The molecule has 0 aliphatic heterocycles. The largest absolute Gasteiger partial charge is 0.349 e. The number of halogens is 2. The van der Waals surface area contributed by atoms with Crippen molar-refractivity contribution < 1.29 is 18.6 Å². The highest BCUT2D eigenvalue weighted by Crippen LogP contribution is 2.56. The van der Waals surface area contributed by atoms with Gasteiger partial charge in [0.15, 0.2) is 8.38 Å². The van der Waals surface area contributed by atoms with E-state index in [1.54, 1.807) is 0 Å². The van der Waals surface area contributed by atoms with Crippen LogP contribution in [-0.4, -0.2) is 28.3 Å². The summed E-state index contributed by atoms with van der Waals surface area (Å²) in [5.41, 5.74) is 1.07. The van der Waals surface area contributed by atoms with Crippen molar-refractivity contribution in [3.8, 4) is 0 Å². The normalized spacial score (nSPS) is 23.7. The van der Waals surface area contributed by atoms with Crippen molar-refractivity contribution in [3.63, 3.8) is 0 Å². The van der Waals surface area contributed by atoms with E-state index in [1.165, 1.54) is 0 Å². The number of hydrogen-bond donors (Lipinski definition) is 2. The molecule has 0 aromatic rings. The molecule has 112 valence electrons. The molecule has 0 spiro atoms. The van der Waals surface area contributed by atoms with Gasteiger partial charge in [-0.25, -0.2) is 0 Å². The van der Waals surface area contributed by atoms with Crippen molar-refractivity contribution in [2.75, 3.05) is 13.3 Å². The standard InChI is InChI=1S/C14H25F2O2P/c15-11-5-2-8-13-7-1-3-9-14(13,19(17)18)10-4-6-12-16/h7,17-18H,1-6,8-12H2. The second-order valence-electron chi connectivity index (χ2n) is 5.23. The van der Waals surface area contributed by atoms with Crippen molar-refractivity contribution in [1.82, 2.24) is 0 Å². The second-order valence-corrected chi connectivity index (χ2v) is 6.67. The fourth-order valence-electron chi connectivity index (χ4n) is 2.89. The highest BCUT2D eigenvalue weighted by Gasteiger charge is 2.41. The molecule has 0 bridgehead atoms. The molecule has 1 aliphatic rings. The molecule has 0 saturated carbocycles. The summed E-state index contributed by atoms with van der Waals surface area (Å²) in [6.45, 7) is -0.680. The van der Waals surface area contributed by atoms with Crippen molar-refractivity contribution >= 4 is 8.38 Å². The van der Waals surface area contributed by atoms with E-state index < -0.39 is 13.5 Å². The molecule has 1 atom stereocenters. The van der Waals surface area contributed by atoms with Gasteiger partial charge in [-0.1, -0.05) is 11.6 Å². The van der Waals surface area contributed by atoms with Gasteiger partial charge in [-0.15, -0.1) is 0 Å². The molecule has 0 aromatic carbocycles. The lowest BCUT2D eigenvalue weighted by molar-refractivity contribution is 0.368. The average Bonchev–Trinajstić information content (AvgIpc) is 2.40. The van der Waals surface area contributed by atoms with Crippen molar-refractivity contribution in [1.29, 1.82) is 0 Å². The van der Waals surface area contributed by atoms with E-state index in [0.29, 0.717) is 25.7 Å². The number of hydrogen-bond acceptors (Lipinski definition) is 2. The van der Waals surface area contributed by atoms with Gasteiger partial charge in [0.25, 0.3) is 0 Å². The Morgan fingerprint density at radius 3 is 2.42 bits per heavy atom. The molecular formula is C14H25F2O2P. The Balaban J connectivity index is 2.72. The fraction of sp³-hybridized carbons (Fsp3) is 0.857. The Morgan fingerprint density at radius 1 is 1.11 bits per heavy atom. The number of allylic oxidation sites excluding steroid dienone is 2. The minimum Gasteiger partial charge on any atom is -0.349 e. The fourth-order valence-corrected chi connectivity index (χ4v) is 4.07. The van der Waals surface area contributed by atoms with Gasteiger partial charge in [-0.3, -0.25) is 8.78 Å². The predicted molar refractivity (Wildman–Crippen MR) is 75.7 cm³/mol. The van der Waals surface area contributed by atoms with Gasteiger partial charge in [0.1, 0.15) is 0 Å². The SMILES string of the molecule is OP(O)C1(CCCCF)CCCC=C1CCCCF. The molecule has 2 N–H and O–H groups in total. The monoisotopic (exact) mass is 294 g/mol. The van der Waals surface area contributed by atoms with E-state index in [4.69, 9.17) is 0 Å². The van der Waals surface area contributed by atoms with E-state index in [1.807, 2.05) is 0 Å². The molecule has 0 amide bonds. The molecule has 1 rings (SSSR count). The first-order valence-electron chi connectivity index (χ1n) is 7.17. The summed E-state index contributed by atoms with van der Waals surface area (Å²) in [7, 11) is -2.06. The topological polar surface area (TPSA) is 40.5 Å².